The molecule has 0 saturated carbocycles. The number of carbonyl (C=O) groups excluding carboxylic acids is 1. The number of nitrogens with one attached hydrogen (secondary N) is 2. The van der Waals surface area contributed by atoms with Crippen LogP contribution in [-0.4, -0.2) is 30.4 Å². The second-order valence-electron chi connectivity index (χ2n) is 6.43. The van der Waals surface area contributed by atoms with Gasteiger partial charge in [-0.3, -0.25) is 4.79 Å². The van der Waals surface area contributed by atoms with Gasteiger partial charge in [0, 0.05) is 24.0 Å². The molecule has 0 bridgehead atoms. The van der Waals surface area contributed by atoms with Crippen LogP contribution in [-0.2, 0) is 22.7 Å². The third-order valence-corrected chi connectivity index (χ3v) is 4.69. The number of aromatic nitrogens is 2. The minimum absolute atomic E-state index is 0.137. The number of hydrogen-bond donors (Lipinski definition) is 2. The molecule has 0 saturated heterocycles. The van der Waals surface area contributed by atoms with Crippen molar-refractivity contribution in [2.24, 2.45) is 0 Å². The fraction of sp³-hybridized carbons (Fsp3) is 0.158. The largest absolute Gasteiger partial charge is 0.435 e. The highest BCUT2D eigenvalue weighted by Gasteiger charge is 2.33. The number of alkyl halides is 3. The van der Waals surface area contributed by atoms with Crippen molar-refractivity contribution in [1.29, 1.82) is 0 Å². The van der Waals surface area contributed by atoms with Crippen LogP contribution in [0.1, 0.15) is 21.6 Å². The van der Waals surface area contributed by atoms with E-state index in [9.17, 15) is 26.4 Å². The number of hydrogen-bond acceptors (Lipinski definition) is 4. The molecule has 0 aliphatic rings. The SMILES string of the molecule is CS(=O)(=O)NCc1ccc(NC(=O)c2ccc(-n3ccc(C(F)(F)F)n3)cc2)cc1. The molecule has 0 radical (unpaired) electrons. The van der Waals surface area contributed by atoms with Crippen molar-refractivity contribution in [1.82, 2.24) is 14.5 Å². The Balaban J connectivity index is 1.64. The number of amides is 1. The summed E-state index contributed by atoms with van der Waals surface area (Å²) in [5.41, 5.74) is 0.920. The van der Waals surface area contributed by atoms with Crippen molar-refractivity contribution in [3.05, 3.63) is 77.6 Å². The van der Waals surface area contributed by atoms with Crippen LogP contribution >= 0.6 is 0 Å². The molecule has 30 heavy (non-hydrogen) atoms. The first kappa shape index (κ1) is 21.5. The Hall–Kier alpha value is -3.18. The van der Waals surface area contributed by atoms with Gasteiger partial charge in [0.25, 0.3) is 5.91 Å². The molecule has 7 nitrogen and oxygen atoms in total. The number of benzene rings is 2. The van der Waals surface area contributed by atoms with Gasteiger partial charge >= 0.3 is 6.18 Å². The van der Waals surface area contributed by atoms with E-state index in [-0.39, 0.29) is 6.54 Å². The van der Waals surface area contributed by atoms with Crippen molar-refractivity contribution < 1.29 is 26.4 Å². The van der Waals surface area contributed by atoms with Crippen molar-refractivity contribution in [2.75, 3.05) is 11.6 Å². The highest BCUT2D eigenvalue weighted by Crippen LogP contribution is 2.27. The van der Waals surface area contributed by atoms with Crippen LogP contribution in [0.5, 0.6) is 0 Å². The van der Waals surface area contributed by atoms with E-state index in [2.05, 4.69) is 15.1 Å². The summed E-state index contributed by atoms with van der Waals surface area (Å²) in [6, 6.07) is 13.4. The van der Waals surface area contributed by atoms with E-state index in [1.165, 1.54) is 30.5 Å². The molecule has 0 spiro atoms. The molecule has 158 valence electrons. The van der Waals surface area contributed by atoms with E-state index in [1.807, 2.05) is 0 Å². The summed E-state index contributed by atoms with van der Waals surface area (Å²) in [5.74, 6) is -0.403. The van der Waals surface area contributed by atoms with Gasteiger partial charge < -0.3 is 5.32 Å². The summed E-state index contributed by atoms with van der Waals surface area (Å²) < 4.78 is 63.6. The lowest BCUT2D eigenvalue weighted by atomic mass is 10.1. The summed E-state index contributed by atoms with van der Waals surface area (Å²) in [7, 11) is -3.30. The molecule has 0 unspecified atom stereocenters. The highest BCUT2D eigenvalue weighted by molar-refractivity contribution is 7.88. The standard InChI is InChI=1S/C19H17F3N4O3S/c1-30(28,29)23-12-13-2-6-15(7-3-13)24-18(27)14-4-8-16(9-5-14)26-11-10-17(25-26)19(20,21)22/h2-11,23H,12H2,1H3,(H,24,27). The van der Waals surface area contributed by atoms with Crippen LogP contribution in [0.25, 0.3) is 5.69 Å². The molecule has 0 aliphatic carbocycles. The molecule has 1 aromatic heterocycles. The Morgan fingerprint density at radius 3 is 2.20 bits per heavy atom. The van der Waals surface area contributed by atoms with Gasteiger partial charge in [0.2, 0.25) is 10.0 Å². The van der Waals surface area contributed by atoms with Crippen molar-refractivity contribution in [3.8, 4) is 5.69 Å². The van der Waals surface area contributed by atoms with Gasteiger partial charge in [-0.05, 0) is 48.0 Å². The number of anilines is 1. The minimum atomic E-state index is -4.53. The molecule has 2 aromatic carbocycles. The van der Waals surface area contributed by atoms with Gasteiger partial charge in [-0.2, -0.15) is 18.3 Å². The first-order chi connectivity index (χ1) is 14.0. The van der Waals surface area contributed by atoms with Crippen LogP contribution < -0.4 is 10.0 Å². The third kappa shape index (κ3) is 5.67. The predicted octanol–water partition coefficient (Wildman–Crippen LogP) is 3.19. The Kier molecular flexibility index (Phi) is 5.94. The average Bonchev–Trinajstić information content (AvgIpc) is 3.18. The van der Waals surface area contributed by atoms with Crippen molar-refractivity contribution in [3.63, 3.8) is 0 Å². The van der Waals surface area contributed by atoms with Gasteiger partial charge in [0.15, 0.2) is 5.69 Å². The van der Waals surface area contributed by atoms with Crippen LogP contribution in [0.3, 0.4) is 0 Å². The zero-order valence-corrected chi connectivity index (χ0v) is 16.5. The Labute approximate surface area is 170 Å². The lowest BCUT2D eigenvalue weighted by molar-refractivity contribution is -0.141. The van der Waals surface area contributed by atoms with Crippen LogP contribution in [0.4, 0.5) is 18.9 Å². The average molecular weight is 438 g/mol. The Morgan fingerprint density at radius 2 is 1.67 bits per heavy atom. The normalized spacial score (nSPS) is 12.0. The number of halogens is 3. The van der Waals surface area contributed by atoms with Crippen LogP contribution in [0, 0.1) is 0 Å². The molecule has 2 N–H and O–H groups in total. The quantitative estimate of drug-likeness (QED) is 0.618. The topological polar surface area (TPSA) is 93.1 Å². The number of carbonyl (C=O) groups is 1. The summed E-state index contributed by atoms with van der Waals surface area (Å²) in [6.07, 6.45) is -2.27. The molecule has 3 rings (SSSR count). The van der Waals surface area contributed by atoms with Crippen molar-refractivity contribution >= 4 is 21.6 Å². The van der Waals surface area contributed by atoms with E-state index >= 15 is 0 Å². The summed E-state index contributed by atoms with van der Waals surface area (Å²) in [6.45, 7) is 0.137. The molecule has 1 amide bonds. The second-order valence-corrected chi connectivity index (χ2v) is 8.27. The maximum Gasteiger partial charge on any atom is 0.435 e. The zero-order valence-electron chi connectivity index (χ0n) is 15.6. The van der Waals surface area contributed by atoms with Gasteiger partial charge in [-0.15, -0.1) is 0 Å². The van der Waals surface area contributed by atoms with E-state index in [1.54, 1.807) is 24.3 Å². The first-order valence-electron chi connectivity index (χ1n) is 8.59. The summed E-state index contributed by atoms with van der Waals surface area (Å²) >= 11 is 0. The molecule has 0 aliphatic heterocycles. The fourth-order valence-electron chi connectivity index (χ4n) is 2.51. The number of rotatable bonds is 6. The third-order valence-electron chi connectivity index (χ3n) is 4.02. The lowest BCUT2D eigenvalue weighted by Gasteiger charge is -2.08. The molecular formula is C19H17F3N4O3S. The maximum absolute atomic E-state index is 12.7. The minimum Gasteiger partial charge on any atom is -0.322 e. The first-order valence-corrected chi connectivity index (χ1v) is 10.5. The monoisotopic (exact) mass is 438 g/mol. The van der Waals surface area contributed by atoms with Crippen LogP contribution in [0.2, 0.25) is 0 Å². The maximum atomic E-state index is 12.7. The number of nitrogens with zero attached hydrogens (tertiary/aromatic N) is 2. The summed E-state index contributed by atoms with van der Waals surface area (Å²) in [4.78, 5) is 12.4. The zero-order chi connectivity index (χ0) is 21.9. The predicted molar refractivity (Wildman–Crippen MR) is 105 cm³/mol. The molecule has 11 heteroatoms. The van der Waals surface area contributed by atoms with Gasteiger partial charge in [0.05, 0.1) is 11.9 Å². The van der Waals surface area contributed by atoms with Gasteiger partial charge in [-0.1, -0.05) is 12.1 Å². The number of sulfonamides is 1. The Morgan fingerprint density at radius 1 is 1.03 bits per heavy atom. The molecular weight excluding hydrogens is 421 g/mol. The van der Waals surface area contributed by atoms with Gasteiger partial charge in [0.1, 0.15) is 0 Å². The van der Waals surface area contributed by atoms with Gasteiger partial charge in [-0.25, -0.2) is 17.8 Å². The van der Waals surface area contributed by atoms with E-state index < -0.39 is 27.8 Å². The molecule has 0 fully saturated rings. The lowest BCUT2D eigenvalue weighted by Crippen LogP contribution is -2.21. The van der Waals surface area contributed by atoms with Crippen molar-refractivity contribution in [2.45, 2.75) is 12.7 Å². The van der Waals surface area contributed by atoms with E-state index in [4.69, 9.17) is 0 Å². The summed E-state index contributed by atoms with van der Waals surface area (Å²) in [5, 5.41) is 6.17. The molecule has 0 atom stereocenters. The molecule has 1 heterocycles. The molecule has 3 aromatic rings. The smallest absolute Gasteiger partial charge is 0.322 e. The van der Waals surface area contributed by atoms with E-state index in [0.29, 0.717) is 16.9 Å². The van der Waals surface area contributed by atoms with Crippen LogP contribution in [0.15, 0.2) is 60.8 Å². The second kappa shape index (κ2) is 8.28. The fourth-order valence-corrected chi connectivity index (χ4v) is 2.94. The Bertz CT molecular complexity index is 1140. The van der Waals surface area contributed by atoms with E-state index in [0.717, 1.165) is 22.6 Å². The highest BCUT2D eigenvalue weighted by atomic mass is 32.2.